The molecule has 0 amide bonds. The van der Waals surface area contributed by atoms with Crippen molar-refractivity contribution >= 4 is 28.6 Å². The molecule has 0 saturated heterocycles. The van der Waals surface area contributed by atoms with Crippen LogP contribution in [0.5, 0.6) is 0 Å². The van der Waals surface area contributed by atoms with Gasteiger partial charge in [0.25, 0.3) is 5.69 Å². The van der Waals surface area contributed by atoms with Gasteiger partial charge in [0.1, 0.15) is 11.4 Å². The number of Topliss-reactive ketones (excluding diaryl/α,β-unsaturated/α-hetero) is 1. The second-order valence-electron chi connectivity index (χ2n) is 3.80. The number of non-ortho nitro benzene ring substituents is 1. The average molecular weight is 280 g/mol. The van der Waals surface area contributed by atoms with Gasteiger partial charge in [-0.05, 0) is 13.0 Å². The Balaban J connectivity index is 3.10. The number of anilines is 1. The van der Waals surface area contributed by atoms with Crippen LogP contribution in [-0.4, -0.2) is 21.3 Å². The normalized spacial score (nSPS) is 11.0. The zero-order valence-electron chi connectivity index (χ0n) is 10.8. The molecule has 0 aromatic heterocycles. The molecule has 0 heterocycles. The molecular formula is C11H12N4O5. The number of hydrazone groups is 1. The van der Waals surface area contributed by atoms with Crippen molar-refractivity contribution in [1.82, 2.24) is 0 Å². The fourth-order valence-corrected chi connectivity index (χ4v) is 1.34. The predicted molar refractivity (Wildman–Crippen MR) is 71.8 cm³/mol. The number of carbonyl (C=O) groups is 1. The van der Waals surface area contributed by atoms with E-state index in [9.17, 15) is 25.0 Å². The number of ketones is 1. The molecule has 1 aromatic rings. The number of hydrogen-bond acceptors (Lipinski definition) is 7. The molecular weight excluding hydrogens is 268 g/mol. The SMILES string of the molecule is CCC(=O)C(C)=NNc1ccc([N+](=O)[O-])cc1[N+](=O)[O-]. The highest BCUT2D eigenvalue weighted by atomic mass is 16.6. The van der Waals surface area contributed by atoms with Crippen LogP contribution in [0.1, 0.15) is 20.3 Å². The molecule has 0 aliphatic carbocycles. The number of carbonyl (C=O) groups excluding carboxylic acids is 1. The molecule has 9 heteroatoms. The van der Waals surface area contributed by atoms with Gasteiger partial charge in [-0.25, -0.2) is 0 Å². The average Bonchev–Trinajstić information content (AvgIpc) is 2.43. The van der Waals surface area contributed by atoms with Crippen molar-refractivity contribution in [1.29, 1.82) is 0 Å². The summed E-state index contributed by atoms with van der Waals surface area (Å²) in [5, 5.41) is 25.2. The Morgan fingerprint density at radius 3 is 2.45 bits per heavy atom. The van der Waals surface area contributed by atoms with E-state index in [1.165, 1.54) is 13.0 Å². The number of nitrogens with one attached hydrogen (secondary N) is 1. The van der Waals surface area contributed by atoms with Crippen LogP contribution in [0.2, 0.25) is 0 Å². The molecule has 0 saturated carbocycles. The molecule has 20 heavy (non-hydrogen) atoms. The standard InChI is InChI=1S/C11H12N4O5/c1-3-11(16)7(2)12-13-9-5-4-8(14(17)18)6-10(9)15(19)20/h4-6,13H,3H2,1-2H3. The van der Waals surface area contributed by atoms with Crippen molar-refractivity contribution in [2.75, 3.05) is 5.43 Å². The molecule has 0 radical (unpaired) electrons. The number of nitro benzene ring substituents is 2. The van der Waals surface area contributed by atoms with Crippen molar-refractivity contribution in [2.24, 2.45) is 5.10 Å². The maximum atomic E-state index is 11.3. The first kappa shape index (κ1) is 15.2. The first-order valence-corrected chi connectivity index (χ1v) is 5.63. The van der Waals surface area contributed by atoms with Gasteiger partial charge >= 0.3 is 5.69 Å². The largest absolute Gasteiger partial charge is 0.301 e. The molecule has 0 aliphatic heterocycles. The van der Waals surface area contributed by atoms with Crippen LogP contribution in [0.15, 0.2) is 23.3 Å². The molecule has 9 nitrogen and oxygen atoms in total. The van der Waals surface area contributed by atoms with E-state index in [1.54, 1.807) is 6.92 Å². The summed E-state index contributed by atoms with van der Waals surface area (Å²) < 4.78 is 0. The minimum absolute atomic E-state index is 0.0242. The fraction of sp³-hybridized carbons (Fsp3) is 0.273. The van der Waals surface area contributed by atoms with Gasteiger partial charge in [0.2, 0.25) is 0 Å². The van der Waals surface area contributed by atoms with Gasteiger partial charge in [0.05, 0.1) is 15.9 Å². The van der Waals surface area contributed by atoms with Crippen LogP contribution in [0.25, 0.3) is 0 Å². The second-order valence-corrected chi connectivity index (χ2v) is 3.80. The lowest BCUT2D eigenvalue weighted by Crippen LogP contribution is -2.10. The molecule has 0 atom stereocenters. The van der Waals surface area contributed by atoms with Gasteiger partial charge in [-0.15, -0.1) is 0 Å². The van der Waals surface area contributed by atoms with Crippen molar-refractivity contribution in [3.63, 3.8) is 0 Å². The lowest BCUT2D eigenvalue weighted by Gasteiger charge is -2.03. The van der Waals surface area contributed by atoms with Crippen LogP contribution in [0, 0.1) is 20.2 Å². The topological polar surface area (TPSA) is 128 Å². The van der Waals surface area contributed by atoms with Crippen LogP contribution >= 0.6 is 0 Å². The fourth-order valence-electron chi connectivity index (χ4n) is 1.34. The highest BCUT2D eigenvalue weighted by Crippen LogP contribution is 2.28. The molecule has 1 N–H and O–H groups in total. The van der Waals surface area contributed by atoms with Gasteiger partial charge in [-0.1, -0.05) is 6.92 Å². The summed E-state index contributed by atoms with van der Waals surface area (Å²) in [6.45, 7) is 3.13. The van der Waals surface area contributed by atoms with Crippen LogP contribution in [0.3, 0.4) is 0 Å². The Morgan fingerprint density at radius 2 is 1.95 bits per heavy atom. The molecule has 1 aromatic carbocycles. The van der Waals surface area contributed by atoms with Gasteiger partial charge < -0.3 is 0 Å². The molecule has 1 rings (SSSR count). The summed E-state index contributed by atoms with van der Waals surface area (Å²) in [6, 6.07) is 3.11. The quantitative estimate of drug-likeness (QED) is 0.483. The number of hydrogen-bond donors (Lipinski definition) is 1. The van der Waals surface area contributed by atoms with E-state index in [0.717, 1.165) is 12.1 Å². The molecule has 0 fully saturated rings. The van der Waals surface area contributed by atoms with E-state index in [-0.39, 0.29) is 23.6 Å². The van der Waals surface area contributed by atoms with Crippen molar-refractivity contribution in [3.05, 3.63) is 38.4 Å². The summed E-state index contributed by atoms with van der Waals surface area (Å²) in [6.07, 6.45) is 0.263. The van der Waals surface area contributed by atoms with Crippen LogP contribution < -0.4 is 5.43 Å². The summed E-state index contributed by atoms with van der Waals surface area (Å²) in [5.41, 5.74) is 1.64. The Morgan fingerprint density at radius 1 is 1.30 bits per heavy atom. The minimum atomic E-state index is -0.762. The van der Waals surface area contributed by atoms with Crippen molar-refractivity contribution < 1.29 is 14.6 Å². The number of nitro groups is 2. The second kappa shape index (κ2) is 6.36. The Bertz CT molecular complexity index is 596. The van der Waals surface area contributed by atoms with E-state index in [2.05, 4.69) is 10.5 Å². The summed E-state index contributed by atoms with van der Waals surface area (Å²) in [5.74, 6) is -0.206. The summed E-state index contributed by atoms with van der Waals surface area (Å²) in [4.78, 5) is 31.2. The van der Waals surface area contributed by atoms with E-state index in [1.807, 2.05) is 0 Å². The first-order valence-electron chi connectivity index (χ1n) is 5.63. The summed E-state index contributed by atoms with van der Waals surface area (Å²) >= 11 is 0. The van der Waals surface area contributed by atoms with Gasteiger partial charge in [0, 0.05) is 12.5 Å². The van der Waals surface area contributed by atoms with Crippen LogP contribution in [0.4, 0.5) is 17.1 Å². The Labute approximate surface area is 113 Å². The molecule has 106 valence electrons. The third-order valence-corrected chi connectivity index (χ3v) is 2.46. The van der Waals surface area contributed by atoms with E-state index < -0.39 is 21.2 Å². The zero-order valence-corrected chi connectivity index (χ0v) is 10.8. The Hall–Kier alpha value is -2.84. The number of nitrogens with zero attached hydrogens (tertiary/aromatic N) is 3. The first-order chi connectivity index (χ1) is 9.36. The van der Waals surface area contributed by atoms with Crippen LogP contribution in [-0.2, 0) is 4.79 Å². The highest BCUT2D eigenvalue weighted by molar-refractivity contribution is 6.38. The third-order valence-electron chi connectivity index (χ3n) is 2.46. The maximum Gasteiger partial charge on any atom is 0.301 e. The molecule has 0 bridgehead atoms. The maximum absolute atomic E-state index is 11.3. The van der Waals surface area contributed by atoms with E-state index in [4.69, 9.17) is 0 Å². The van der Waals surface area contributed by atoms with Crippen molar-refractivity contribution in [2.45, 2.75) is 20.3 Å². The third kappa shape index (κ3) is 3.57. The van der Waals surface area contributed by atoms with E-state index >= 15 is 0 Å². The van der Waals surface area contributed by atoms with Gasteiger partial charge in [-0.3, -0.25) is 30.4 Å². The smallest absolute Gasteiger partial charge is 0.293 e. The zero-order chi connectivity index (χ0) is 15.3. The number of benzene rings is 1. The Kier molecular flexibility index (Phi) is 4.84. The number of rotatable bonds is 6. The molecule has 0 aliphatic rings. The lowest BCUT2D eigenvalue weighted by atomic mass is 10.2. The highest BCUT2D eigenvalue weighted by Gasteiger charge is 2.19. The lowest BCUT2D eigenvalue weighted by molar-refractivity contribution is -0.393. The van der Waals surface area contributed by atoms with E-state index in [0.29, 0.717) is 0 Å². The molecule has 0 unspecified atom stereocenters. The van der Waals surface area contributed by atoms with Gasteiger partial charge in [0.15, 0.2) is 5.78 Å². The monoisotopic (exact) mass is 280 g/mol. The van der Waals surface area contributed by atoms with Crippen molar-refractivity contribution in [3.8, 4) is 0 Å². The molecule has 0 spiro atoms. The predicted octanol–water partition coefficient (Wildman–Crippen LogP) is 2.27. The summed E-state index contributed by atoms with van der Waals surface area (Å²) in [7, 11) is 0. The minimum Gasteiger partial charge on any atom is -0.293 e. The van der Waals surface area contributed by atoms with Gasteiger partial charge in [-0.2, -0.15) is 5.10 Å².